The highest BCUT2D eigenvalue weighted by Gasteiger charge is 2.59. The lowest BCUT2D eigenvalue weighted by Gasteiger charge is -2.52. The van der Waals surface area contributed by atoms with Crippen LogP contribution in [0.3, 0.4) is 0 Å². The molecule has 0 saturated carbocycles. The molecule has 7 aromatic rings. The predicted octanol–water partition coefficient (Wildman–Crippen LogP) is 15.1. The van der Waals surface area contributed by atoms with Gasteiger partial charge in [0.2, 0.25) is 0 Å². The van der Waals surface area contributed by atoms with Crippen LogP contribution in [0.5, 0.6) is 11.5 Å². The molecule has 0 atom stereocenters. The first-order valence-corrected chi connectivity index (χ1v) is 26.6. The summed E-state index contributed by atoms with van der Waals surface area (Å²) in [6.45, 7) is 5.71. The van der Waals surface area contributed by atoms with Gasteiger partial charge < -0.3 is 9.47 Å². The minimum absolute atomic E-state index is 0.591. The quantitative estimate of drug-likeness (QED) is 0.0710. The van der Waals surface area contributed by atoms with Crippen molar-refractivity contribution in [1.29, 1.82) is 0 Å². The van der Waals surface area contributed by atoms with Gasteiger partial charge in [-0.25, -0.2) is 0 Å². The fourth-order valence-electron chi connectivity index (χ4n) is 12.9. The van der Waals surface area contributed by atoms with Gasteiger partial charge in [-0.2, -0.15) is 0 Å². The van der Waals surface area contributed by atoms with E-state index in [1.165, 1.54) is 51.4 Å². The van der Waals surface area contributed by atoms with E-state index in [-0.39, 0.29) is 0 Å². The van der Waals surface area contributed by atoms with Gasteiger partial charge in [0.15, 0.2) is 11.5 Å². The third-order valence-electron chi connectivity index (χ3n) is 16.2. The maximum absolute atomic E-state index is 6.82. The lowest BCUT2D eigenvalue weighted by molar-refractivity contribution is 0.258. The molecule has 2 heteroatoms. The summed E-state index contributed by atoms with van der Waals surface area (Å²) in [6, 6.07) is 56.2. The molecule has 0 amide bonds. The van der Waals surface area contributed by atoms with Crippen LogP contribution in [0, 0.1) is 48.4 Å². The molecule has 0 aromatic heterocycles. The zero-order valence-electron chi connectivity index (χ0n) is 41.9. The standard InChI is InChI=1S/C70H62O2/c1-5-9-11-13-15-29-47-71-65-49-51(43-45-69-59-37-23-17-31-53(59)67(7-3,54-32-18-24-38-60(54)69)55-33-19-25-39-61(55)69)52(50-66(65)72-48-30-16-14-12-10-6-2)44-46-70-62-40-26-20-34-56(62)68(8-4,57-35-21-27-41-63(57)70)58-36-22-28-42-64(58)70/h3-4,17-28,31-42,49-50H,5-6,9-16,29-30,47-48H2,1-2H3. The Labute approximate surface area is 428 Å². The van der Waals surface area contributed by atoms with Gasteiger partial charge in [-0.05, 0) is 79.6 Å². The summed E-state index contributed by atoms with van der Waals surface area (Å²) in [4.78, 5) is 0. The minimum atomic E-state index is -0.819. The normalized spacial score (nSPS) is 20.6. The average molecular weight is 935 g/mol. The van der Waals surface area contributed by atoms with Crippen LogP contribution < -0.4 is 9.47 Å². The van der Waals surface area contributed by atoms with Crippen LogP contribution in [0.2, 0.25) is 0 Å². The van der Waals surface area contributed by atoms with Crippen molar-refractivity contribution in [2.45, 2.75) is 113 Å². The number of benzene rings is 7. The van der Waals surface area contributed by atoms with Crippen LogP contribution >= 0.6 is 0 Å². The zero-order valence-corrected chi connectivity index (χ0v) is 41.9. The molecule has 13 rings (SSSR count). The van der Waals surface area contributed by atoms with Crippen LogP contribution in [0.4, 0.5) is 0 Å². The molecule has 6 aliphatic carbocycles. The first-order valence-electron chi connectivity index (χ1n) is 26.6. The van der Waals surface area contributed by atoms with Crippen molar-refractivity contribution in [2.24, 2.45) is 0 Å². The van der Waals surface area contributed by atoms with E-state index in [1.54, 1.807) is 0 Å². The molecule has 7 aromatic carbocycles. The smallest absolute Gasteiger partial charge is 0.162 e. The highest BCUT2D eigenvalue weighted by molar-refractivity contribution is 5.84. The molecule has 2 nitrogen and oxygen atoms in total. The van der Waals surface area contributed by atoms with Crippen LogP contribution in [-0.4, -0.2) is 13.2 Å². The van der Waals surface area contributed by atoms with Gasteiger partial charge in [0.05, 0.1) is 13.2 Å². The first kappa shape index (κ1) is 46.7. The number of hydrogen-bond donors (Lipinski definition) is 0. The Morgan fingerprint density at radius 2 is 0.569 bits per heavy atom. The van der Waals surface area contributed by atoms with Crippen molar-refractivity contribution in [2.75, 3.05) is 13.2 Å². The highest BCUT2D eigenvalue weighted by atomic mass is 16.5. The van der Waals surface area contributed by atoms with E-state index >= 15 is 0 Å². The fourth-order valence-corrected chi connectivity index (χ4v) is 12.9. The summed E-state index contributed by atoms with van der Waals surface area (Å²) in [6.07, 6.45) is 27.5. The van der Waals surface area contributed by atoms with Gasteiger partial charge in [-0.1, -0.05) is 259 Å². The largest absolute Gasteiger partial charge is 0.490 e. The molecule has 4 bridgehead atoms. The molecular weight excluding hydrogens is 873 g/mol. The second kappa shape index (κ2) is 19.5. The summed E-state index contributed by atoms with van der Waals surface area (Å²) in [7, 11) is 0. The molecule has 6 aliphatic rings. The Morgan fingerprint density at radius 3 is 0.819 bits per heavy atom. The van der Waals surface area contributed by atoms with E-state index in [2.05, 4.69) is 207 Å². The molecule has 0 spiro atoms. The second-order valence-corrected chi connectivity index (χ2v) is 20.1. The highest BCUT2D eigenvalue weighted by Crippen LogP contribution is 2.63. The molecule has 0 fully saturated rings. The third kappa shape index (κ3) is 7.07. The van der Waals surface area contributed by atoms with E-state index in [0.717, 1.165) is 104 Å². The van der Waals surface area contributed by atoms with Gasteiger partial charge in [-0.15, -0.1) is 12.8 Å². The van der Waals surface area contributed by atoms with Crippen molar-refractivity contribution in [1.82, 2.24) is 0 Å². The van der Waals surface area contributed by atoms with Gasteiger partial charge in [0.1, 0.15) is 21.7 Å². The summed E-state index contributed by atoms with van der Waals surface area (Å²) in [5, 5.41) is 0. The number of unbranched alkanes of at least 4 members (excludes halogenated alkanes) is 10. The Morgan fingerprint density at radius 1 is 0.333 bits per heavy atom. The molecule has 0 heterocycles. The molecule has 0 radical (unpaired) electrons. The van der Waals surface area contributed by atoms with Crippen LogP contribution in [-0.2, 0) is 21.7 Å². The maximum Gasteiger partial charge on any atom is 0.162 e. The number of ether oxygens (including phenoxy) is 2. The molecule has 72 heavy (non-hydrogen) atoms. The van der Waals surface area contributed by atoms with Crippen molar-refractivity contribution in [3.8, 4) is 59.9 Å². The average Bonchev–Trinajstić information content (AvgIpc) is 3.44. The summed E-state index contributed by atoms with van der Waals surface area (Å²) < 4.78 is 13.6. The Bertz CT molecular complexity index is 2950. The minimum Gasteiger partial charge on any atom is -0.490 e. The van der Waals surface area contributed by atoms with Crippen molar-refractivity contribution < 1.29 is 9.47 Å². The van der Waals surface area contributed by atoms with Gasteiger partial charge in [0, 0.05) is 23.3 Å². The third-order valence-corrected chi connectivity index (χ3v) is 16.2. The van der Waals surface area contributed by atoms with E-state index in [1.807, 2.05) is 0 Å². The number of terminal acetylenes is 2. The molecule has 0 saturated heterocycles. The van der Waals surface area contributed by atoms with Gasteiger partial charge >= 0.3 is 0 Å². The summed E-state index contributed by atoms with van der Waals surface area (Å²) in [5.74, 6) is 23.9. The van der Waals surface area contributed by atoms with Crippen LogP contribution in [0.25, 0.3) is 0 Å². The Kier molecular flexibility index (Phi) is 12.7. The van der Waals surface area contributed by atoms with Gasteiger partial charge in [-0.3, -0.25) is 0 Å². The molecule has 0 aliphatic heterocycles. The monoisotopic (exact) mass is 934 g/mol. The second-order valence-electron chi connectivity index (χ2n) is 20.1. The predicted molar refractivity (Wildman–Crippen MR) is 294 cm³/mol. The van der Waals surface area contributed by atoms with Crippen LogP contribution in [0.15, 0.2) is 158 Å². The number of rotatable bonds is 16. The number of hydrogen-bond acceptors (Lipinski definition) is 2. The molecule has 354 valence electrons. The maximum atomic E-state index is 6.82. The molecular formula is C70H62O2. The zero-order chi connectivity index (χ0) is 49.2. The summed E-state index contributed by atoms with van der Waals surface area (Å²) in [5.41, 5.74) is 11.8. The summed E-state index contributed by atoms with van der Waals surface area (Å²) >= 11 is 0. The first-order chi connectivity index (χ1) is 35.5. The van der Waals surface area contributed by atoms with Crippen molar-refractivity contribution in [3.63, 3.8) is 0 Å². The fraction of sp³-hybridized carbons (Fsp3) is 0.286. The van der Waals surface area contributed by atoms with E-state index in [4.69, 9.17) is 22.3 Å². The van der Waals surface area contributed by atoms with Gasteiger partial charge in [0.25, 0.3) is 0 Å². The molecule has 0 N–H and O–H groups in total. The lowest BCUT2D eigenvalue weighted by atomic mass is 9.47. The Balaban J connectivity index is 1.13. The van der Waals surface area contributed by atoms with E-state index in [0.29, 0.717) is 24.7 Å². The van der Waals surface area contributed by atoms with E-state index < -0.39 is 21.7 Å². The topological polar surface area (TPSA) is 18.5 Å². The molecule has 0 unspecified atom stereocenters. The van der Waals surface area contributed by atoms with Crippen molar-refractivity contribution >= 4 is 0 Å². The van der Waals surface area contributed by atoms with Crippen molar-refractivity contribution in [3.05, 3.63) is 236 Å². The SMILES string of the molecule is C#CC12c3ccccc3C(C#Cc3cc(OCCCCCCCC)c(OCCCCCCCC)cc3C#CC34c5ccccc5C(C#C)(c5ccccc53)c3ccccc34)(c3ccccc31)c1ccccc12. The Hall–Kier alpha value is -7.62. The van der Waals surface area contributed by atoms with Crippen LogP contribution in [0.1, 0.15) is 169 Å². The van der Waals surface area contributed by atoms with E-state index in [9.17, 15) is 0 Å². The lowest BCUT2D eigenvalue weighted by Crippen LogP contribution is -2.49.